The van der Waals surface area contributed by atoms with Crippen molar-refractivity contribution in [3.8, 4) is 69.0 Å². The number of halogens is 5. The summed E-state index contributed by atoms with van der Waals surface area (Å²) in [6, 6.07) is 67.9. The third-order valence-corrected chi connectivity index (χ3v) is 16.4. The second kappa shape index (κ2) is 34.6. The van der Waals surface area contributed by atoms with Gasteiger partial charge in [-0.15, -0.1) is 0 Å². The van der Waals surface area contributed by atoms with Crippen LogP contribution in [-0.4, -0.2) is 88.2 Å². The number of hydrogen-bond donors (Lipinski definition) is 1. The fourth-order valence-electron chi connectivity index (χ4n) is 5.99. The van der Waals surface area contributed by atoms with Crippen LogP contribution in [0.3, 0.4) is 0 Å². The van der Waals surface area contributed by atoms with E-state index in [2.05, 4.69) is 79.6 Å². The van der Waals surface area contributed by atoms with Crippen LogP contribution in [0.25, 0.3) is 0 Å². The topological polar surface area (TPSA) is 84.8 Å². The zero-order valence-electron chi connectivity index (χ0n) is 41.5. The summed E-state index contributed by atoms with van der Waals surface area (Å²) in [5.41, 5.74) is -0.211. The van der Waals surface area contributed by atoms with Gasteiger partial charge in [-0.05, 0) is 146 Å². The average molecular weight is 1330 g/mol. The number of benzene rings is 8. The van der Waals surface area contributed by atoms with Crippen molar-refractivity contribution in [1.82, 2.24) is 0 Å². The maximum Gasteiger partial charge on any atom is 0.127 e. The molecule has 0 aliphatic rings. The highest BCUT2D eigenvalue weighted by molar-refractivity contribution is 9.11. The van der Waals surface area contributed by atoms with Crippen molar-refractivity contribution in [1.29, 1.82) is 0 Å². The lowest BCUT2D eigenvalue weighted by Gasteiger charge is -2.31. The van der Waals surface area contributed by atoms with Crippen LogP contribution in [0.1, 0.15) is 0 Å². The average Bonchev–Trinajstić information content (AvgIpc) is 3.47. The molecule has 7 radical (unpaired) electrons. The Morgan fingerprint density at radius 1 is 0.329 bits per heavy atom. The van der Waals surface area contributed by atoms with Crippen LogP contribution in [0.2, 0.25) is 0 Å². The molecule has 8 aromatic carbocycles. The molecule has 0 aromatic heterocycles. The summed E-state index contributed by atoms with van der Waals surface area (Å²) >= 11 is 17.6. The maximum atomic E-state index is 9.07. The van der Waals surface area contributed by atoms with E-state index in [4.69, 9.17) is 61.5 Å². The summed E-state index contributed by atoms with van der Waals surface area (Å²) in [6.07, 6.45) is -0.463. The highest BCUT2D eigenvalue weighted by atomic mass is 79.9. The van der Waals surface area contributed by atoms with Crippen LogP contribution in [0.5, 0.6) is 69.0 Å². The van der Waals surface area contributed by atoms with Crippen molar-refractivity contribution < 1.29 is 38.3 Å². The highest BCUT2D eigenvalue weighted by Gasteiger charge is 2.33. The molecule has 383 valence electrons. The van der Waals surface area contributed by atoms with Gasteiger partial charge in [-0.25, -0.2) is 0 Å². The number of alkyl halides is 5. The van der Waals surface area contributed by atoms with Crippen LogP contribution < -0.4 is 33.2 Å². The monoisotopic (exact) mass is 1330 g/mol. The molecule has 1 N–H and O–H groups in total. The molecular weight excluding hydrogens is 1280 g/mol. The van der Waals surface area contributed by atoms with Crippen molar-refractivity contribution in [3.05, 3.63) is 218 Å². The number of phenolic OH excluding ortho intramolecular Hbond substituents is 1. The Balaban J connectivity index is 0.000000308. The first-order valence-electron chi connectivity index (χ1n) is 23.8. The Morgan fingerprint density at radius 2 is 0.526 bits per heavy atom. The molecule has 0 unspecified atom stereocenters. The fourth-order valence-corrected chi connectivity index (χ4v) is 12.0. The lowest BCUT2D eigenvalue weighted by molar-refractivity contribution is 0.0520. The Morgan fingerprint density at radius 3 is 0.724 bits per heavy atom. The summed E-state index contributed by atoms with van der Waals surface area (Å²) in [6.45, 7) is 1.00. The van der Waals surface area contributed by atoms with Gasteiger partial charge in [0.1, 0.15) is 88.8 Å². The Bertz CT molecular complexity index is 2530. The van der Waals surface area contributed by atoms with E-state index in [9.17, 15) is 0 Å². The van der Waals surface area contributed by atoms with Gasteiger partial charge in [-0.2, -0.15) is 0 Å². The summed E-state index contributed by atoms with van der Waals surface area (Å²) in [5, 5.41) is 13.7. The van der Waals surface area contributed by atoms with E-state index in [1.165, 1.54) is 7.06 Å². The normalized spacial score (nSPS) is 10.5. The standard InChI is InChI=1S/C41H35BrO6.C12H10O2.C5H8Br4.B5/c42-28-41(29-43-32-16-22-38(23-17-32)46-35-10-4-1-5-11-35,30-44-33-18-24-39(25-19-33)47-36-12-6-2-7-13-36)31-45-34-20-26-40(27-21-34)48-37-14-8-3-9-15-37;13-10-6-8-12(9-7-10)14-11-4-2-1-3-5-11;6-1-5(2-7,3-8)4-9;1-4-5(2)3/h1-27H,28-31H2;1-9,13H;1-4H2;. The summed E-state index contributed by atoms with van der Waals surface area (Å²) < 4.78 is 42.3. The van der Waals surface area contributed by atoms with Gasteiger partial charge < -0.3 is 38.3 Å². The van der Waals surface area contributed by atoms with Gasteiger partial charge in [0.25, 0.3) is 0 Å². The lowest BCUT2D eigenvalue weighted by atomic mass is 8.97. The maximum absolute atomic E-state index is 9.07. The van der Waals surface area contributed by atoms with Gasteiger partial charge in [0.2, 0.25) is 0 Å². The van der Waals surface area contributed by atoms with Crippen LogP contribution in [0.4, 0.5) is 0 Å². The molecule has 0 saturated heterocycles. The van der Waals surface area contributed by atoms with Crippen molar-refractivity contribution >= 4 is 116 Å². The highest BCUT2D eigenvalue weighted by Crippen LogP contribution is 2.32. The van der Waals surface area contributed by atoms with Crippen molar-refractivity contribution in [2.75, 3.05) is 46.5 Å². The molecule has 8 nitrogen and oxygen atoms in total. The van der Waals surface area contributed by atoms with Gasteiger partial charge in [0.05, 0.1) is 5.41 Å². The molecule has 0 atom stereocenters. The number of para-hydroxylation sites is 4. The van der Waals surface area contributed by atoms with E-state index in [-0.39, 0.29) is 5.75 Å². The quantitative estimate of drug-likeness (QED) is 0.0501. The molecule has 0 saturated carbocycles. The molecule has 18 heteroatoms. The summed E-state index contributed by atoms with van der Waals surface area (Å²) in [7, 11) is 15.8. The van der Waals surface area contributed by atoms with E-state index in [0.29, 0.717) is 53.6 Å². The summed E-state index contributed by atoms with van der Waals surface area (Å²) in [5.74, 6) is 8.40. The van der Waals surface area contributed by atoms with Crippen molar-refractivity contribution in [2.24, 2.45) is 10.8 Å². The number of hydrogen-bond acceptors (Lipinski definition) is 8. The van der Waals surface area contributed by atoms with E-state index in [1.807, 2.05) is 194 Å². The van der Waals surface area contributed by atoms with Gasteiger partial charge in [-0.3, -0.25) is 0 Å². The second-order valence-corrected chi connectivity index (χ2v) is 19.7. The number of ether oxygens (including phenoxy) is 7. The van der Waals surface area contributed by atoms with E-state index >= 15 is 0 Å². The van der Waals surface area contributed by atoms with Crippen LogP contribution in [0, 0.1) is 10.8 Å². The van der Waals surface area contributed by atoms with Crippen molar-refractivity contribution in [2.45, 2.75) is 0 Å². The largest absolute Gasteiger partial charge is 0.508 e. The first-order chi connectivity index (χ1) is 37.0. The molecule has 0 bridgehead atoms. The van der Waals surface area contributed by atoms with E-state index in [0.717, 1.165) is 61.6 Å². The molecule has 0 amide bonds. The molecule has 0 fully saturated rings. The second-order valence-electron chi connectivity index (χ2n) is 16.9. The zero-order valence-corrected chi connectivity index (χ0v) is 49.5. The van der Waals surface area contributed by atoms with Crippen molar-refractivity contribution in [3.63, 3.8) is 0 Å². The van der Waals surface area contributed by atoms with Crippen LogP contribution in [0.15, 0.2) is 218 Å². The third kappa shape index (κ3) is 22.8. The molecule has 8 rings (SSSR count). The summed E-state index contributed by atoms with van der Waals surface area (Å²) in [4.78, 5) is 0. The number of phenols is 1. The van der Waals surface area contributed by atoms with Gasteiger partial charge in [0, 0.05) is 68.7 Å². The molecule has 8 aromatic rings. The third-order valence-electron chi connectivity index (χ3n) is 10.5. The first-order valence-corrected chi connectivity index (χ1v) is 29.4. The Labute approximate surface area is 495 Å². The minimum absolute atomic E-state index is 0.241. The molecule has 76 heavy (non-hydrogen) atoms. The molecular formula is C58H53B5Br5O8. The fraction of sp³-hybridized carbons (Fsp3) is 0.172. The van der Waals surface area contributed by atoms with Gasteiger partial charge in [-0.1, -0.05) is 152 Å². The molecule has 0 heterocycles. The van der Waals surface area contributed by atoms with E-state index < -0.39 is 11.8 Å². The minimum atomic E-state index is -0.544. The van der Waals surface area contributed by atoms with Gasteiger partial charge >= 0.3 is 0 Å². The predicted molar refractivity (Wildman–Crippen MR) is 333 cm³/mol. The molecule has 0 aliphatic carbocycles. The van der Waals surface area contributed by atoms with Gasteiger partial charge in [0.15, 0.2) is 0 Å². The minimum Gasteiger partial charge on any atom is -0.508 e. The Hall–Kier alpha value is -5.12. The SMILES string of the molecule is BrCC(CBr)(CBr)CBr.BrCC(COc1ccc(Oc2ccccc2)cc1)(COc1ccc(Oc2ccccc2)cc1)COc1ccc(Oc2ccccc2)cc1.Oc1ccc(Oc2ccccc2)cc1.[B][B]B([B])[B]. The first kappa shape index (κ1) is 61.7. The van der Waals surface area contributed by atoms with E-state index in [1.54, 1.807) is 24.3 Å². The number of rotatable bonds is 23. The smallest absolute Gasteiger partial charge is 0.127 e. The number of aromatic hydroxyl groups is 1. The molecule has 0 spiro atoms. The van der Waals surface area contributed by atoms with Crippen LogP contribution in [-0.2, 0) is 0 Å². The molecule has 0 aliphatic heterocycles. The lowest BCUT2D eigenvalue weighted by Crippen LogP contribution is -2.42. The predicted octanol–water partition coefficient (Wildman–Crippen LogP) is 15.8. The zero-order chi connectivity index (χ0) is 54.3. The van der Waals surface area contributed by atoms with Crippen LogP contribution >= 0.6 is 79.6 Å². The Kier molecular flexibility index (Phi) is 28.1.